The Morgan fingerprint density at radius 2 is 1.24 bits per heavy atom. The Hall–Kier alpha value is -3.20. The normalized spacial score (nSPS) is 11.4. The standard InChI is InChI=1S/C33H42O4Si/c1-33(2,3)38(28-20-14-11-15-21-28,29-22-16-12-17-23-29)37-32-30(35-4)25-27(26-31(32)36-5)19-13-9-7-6-8-10-18-24-34/h11-12,14-17,20-23,25-26,34H,6-10,18,24H2,1-5H3. The fourth-order valence-electron chi connectivity index (χ4n) is 4.88. The molecule has 3 aromatic carbocycles. The van der Waals surface area contributed by atoms with E-state index in [0.717, 1.165) is 44.1 Å². The highest BCUT2D eigenvalue weighted by atomic mass is 28.4. The topological polar surface area (TPSA) is 47.9 Å². The van der Waals surface area contributed by atoms with Crippen LogP contribution >= 0.6 is 0 Å². The lowest BCUT2D eigenvalue weighted by molar-refractivity contribution is 0.282. The van der Waals surface area contributed by atoms with Crippen LogP contribution < -0.4 is 24.3 Å². The molecule has 0 bridgehead atoms. The second-order valence-corrected chi connectivity index (χ2v) is 14.7. The number of methoxy groups -OCH3 is 2. The molecule has 202 valence electrons. The van der Waals surface area contributed by atoms with E-state index in [1.165, 1.54) is 10.4 Å². The van der Waals surface area contributed by atoms with Crippen molar-refractivity contribution in [1.29, 1.82) is 0 Å². The monoisotopic (exact) mass is 530 g/mol. The highest BCUT2D eigenvalue weighted by molar-refractivity contribution is 7.00. The summed E-state index contributed by atoms with van der Waals surface area (Å²) in [6, 6.07) is 25.0. The summed E-state index contributed by atoms with van der Waals surface area (Å²) >= 11 is 0. The van der Waals surface area contributed by atoms with Gasteiger partial charge in [-0.1, -0.05) is 113 Å². The lowest BCUT2D eigenvalue weighted by Gasteiger charge is -2.43. The first-order valence-corrected chi connectivity index (χ1v) is 15.4. The van der Waals surface area contributed by atoms with Crippen molar-refractivity contribution in [1.82, 2.24) is 0 Å². The number of ether oxygens (including phenoxy) is 2. The molecule has 0 fully saturated rings. The van der Waals surface area contributed by atoms with E-state index in [4.69, 9.17) is 19.0 Å². The summed E-state index contributed by atoms with van der Waals surface area (Å²) in [5, 5.41) is 11.1. The van der Waals surface area contributed by atoms with Gasteiger partial charge in [-0.05, 0) is 40.4 Å². The molecule has 0 aliphatic rings. The third kappa shape index (κ3) is 7.01. The van der Waals surface area contributed by atoms with Gasteiger partial charge < -0.3 is 19.0 Å². The number of unbranched alkanes of at least 4 members (excludes halogenated alkanes) is 5. The number of hydrogen-bond acceptors (Lipinski definition) is 4. The Morgan fingerprint density at radius 3 is 1.71 bits per heavy atom. The van der Waals surface area contributed by atoms with E-state index in [1.807, 2.05) is 24.3 Å². The Morgan fingerprint density at radius 1 is 0.737 bits per heavy atom. The SMILES string of the molecule is COc1cc(C#CCCCCCCCO)cc(OC)c1O[Si](c1ccccc1)(c1ccccc1)C(C)(C)C. The Bertz CT molecular complexity index is 1130. The molecule has 0 saturated carbocycles. The van der Waals surface area contributed by atoms with Crippen molar-refractivity contribution in [3.05, 3.63) is 78.4 Å². The lowest BCUT2D eigenvalue weighted by atomic mass is 10.1. The molecule has 3 aromatic rings. The summed E-state index contributed by atoms with van der Waals surface area (Å²) < 4.78 is 19.0. The third-order valence-electron chi connectivity index (χ3n) is 6.83. The first kappa shape index (κ1) is 29.4. The van der Waals surface area contributed by atoms with Crippen LogP contribution in [0.5, 0.6) is 17.2 Å². The van der Waals surface area contributed by atoms with Crippen LogP contribution in [0.3, 0.4) is 0 Å². The van der Waals surface area contributed by atoms with E-state index < -0.39 is 8.32 Å². The zero-order chi connectivity index (χ0) is 27.4. The smallest absolute Gasteiger partial charge is 0.320 e. The van der Waals surface area contributed by atoms with Crippen molar-refractivity contribution >= 4 is 18.7 Å². The molecular formula is C33H42O4Si. The zero-order valence-electron chi connectivity index (χ0n) is 23.5. The van der Waals surface area contributed by atoms with E-state index in [9.17, 15) is 0 Å². The van der Waals surface area contributed by atoms with Gasteiger partial charge in [0, 0.05) is 18.6 Å². The van der Waals surface area contributed by atoms with Gasteiger partial charge in [-0.3, -0.25) is 0 Å². The van der Waals surface area contributed by atoms with Crippen molar-refractivity contribution in [2.75, 3.05) is 20.8 Å². The van der Waals surface area contributed by atoms with Crippen LogP contribution in [0.15, 0.2) is 72.8 Å². The summed E-state index contributed by atoms with van der Waals surface area (Å²) in [7, 11) is 0.462. The molecule has 3 rings (SSSR count). The van der Waals surface area contributed by atoms with Gasteiger partial charge in [0.25, 0.3) is 0 Å². The van der Waals surface area contributed by atoms with Crippen LogP contribution in [-0.4, -0.2) is 34.3 Å². The van der Waals surface area contributed by atoms with Gasteiger partial charge in [-0.2, -0.15) is 0 Å². The Balaban J connectivity index is 2.01. The van der Waals surface area contributed by atoms with Crippen LogP contribution in [0.2, 0.25) is 5.04 Å². The second kappa shape index (κ2) is 14.1. The number of rotatable bonds is 12. The molecule has 0 aliphatic carbocycles. The summed E-state index contributed by atoms with van der Waals surface area (Å²) in [5.41, 5.74) is 0.841. The number of aliphatic hydroxyl groups is 1. The van der Waals surface area contributed by atoms with Gasteiger partial charge in [0.05, 0.1) is 14.2 Å². The predicted molar refractivity (Wildman–Crippen MR) is 159 cm³/mol. The first-order valence-electron chi connectivity index (χ1n) is 13.5. The summed E-state index contributed by atoms with van der Waals surface area (Å²) in [5.74, 6) is 8.42. The van der Waals surface area contributed by atoms with Crippen molar-refractivity contribution in [2.45, 2.75) is 64.3 Å². The van der Waals surface area contributed by atoms with Crippen LogP contribution in [0.4, 0.5) is 0 Å². The van der Waals surface area contributed by atoms with Crippen LogP contribution in [-0.2, 0) is 0 Å². The van der Waals surface area contributed by atoms with E-state index in [-0.39, 0.29) is 11.6 Å². The maximum atomic E-state index is 8.91. The minimum absolute atomic E-state index is 0.193. The molecular weight excluding hydrogens is 488 g/mol. The first-order chi connectivity index (χ1) is 18.4. The van der Waals surface area contributed by atoms with Crippen molar-refractivity contribution in [3.8, 4) is 29.1 Å². The van der Waals surface area contributed by atoms with Crippen molar-refractivity contribution < 1.29 is 19.0 Å². The zero-order valence-corrected chi connectivity index (χ0v) is 24.5. The van der Waals surface area contributed by atoms with E-state index >= 15 is 0 Å². The van der Waals surface area contributed by atoms with Gasteiger partial charge in [0.1, 0.15) is 0 Å². The molecule has 0 aliphatic heterocycles. The summed E-state index contributed by atoms with van der Waals surface area (Å²) in [4.78, 5) is 0. The number of hydrogen-bond donors (Lipinski definition) is 1. The molecule has 38 heavy (non-hydrogen) atoms. The highest BCUT2D eigenvalue weighted by Crippen LogP contribution is 2.44. The van der Waals surface area contributed by atoms with Gasteiger partial charge in [-0.15, -0.1) is 0 Å². The number of aliphatic hydroxyl groups excluding tert-OH is 1. The predicted octanol–water partition coefficient (Wildman–Crippen LogP) is 6.33. The van der Waals surface area contributed by atoms with Crippen molar-refractivity contribution in [3.63, 3.8) is 0 Å². The van der Waals surface area contributed by atoms with Crippen LogP contribution in [0.1, 0.15) is 64.9 Å². The van der Waals surface area contributed by atoms with Crippen molar-refractivity contribution in [2.24, 2.45) is 0 Å². The fourth-order valence-corrected chi connectivity index (χ4v) is 9.31. The lowest BCUT2D eigenvalue weighted by Crippen LogP contribution is -2.68. The maximum Gasteiger partial charge on any atom is 0.320 e. The van der Waals surface area contributed by atoms with E-state index in [1.54, 1.807) is 14.2 Å². The molecule has 0 atom stereocenters. The molecule has 0 amide bonds. The highest BCUT2D eigenvalue weighted by Gasteiger charge is 2.52. The Kier molecular flexibility index (Phi) is 10.9. The minimum atomic E-state index is -2.86. The molecule has 0 aromatic heterocycles. The molecule has 0 unspecified atom stereocenters. The summed E-state index contributed by atoms with van der Waals surface area (Å²) in [6.07, 6.45) is 6.12. The largest absolute Gasteiger partial charge is 0.529 e. The molecule has 0 heterocycles. The maximum absolute atomic E-state index is 8.91. The average Bonchev–Trinajstić information content (AvgIpc) is 2.93. The molecule has 0 saturated heterocycles. The average molecular weight is 531 g/mol. The molecule has 0 spiro atoms. The van der Waals surface area contributed by atoms with Gasteiger partial charge in [0.15, 0.2) is 17.2 Å². The Labute approximate surface area is 230 Å². The fraction of sp³-hybridized carbons (Fsp3) is 0.394. The van der Waals surface area contributed by atoms with Gasteiger partial charge in [-0.25, -0.2) is 0 Å². The minimum Gasteiger partial charge on any atom is -0.529 e. The number of benzene rings is 3. The molecule has 0 radical (unpaired) electrons. The van der Waals surface area contributed by atoms with E-state index in [2.05, 4.69) is 81.1 Å². The summed E-state index contributed by atoms with van der Waals surface area (Å²) in [6.45, 7) is 7.03. The van der Waals surface area contributed by atoms with E-state index in [0.29, 0.717) is 17.2 Å². The quantitative estimate of drug-likeness (QED) is 0.169. The van der Waals surface area contributed by atoms with Crippen LogP contribution in [0.25, 0.3) is 0 Å². The van der Waals surface area contributed by atoms with Gasteiger partial charge >= 0.3 is 8.32 Å². The second-order valence-electron chi connectivity index (χ2n) is 10.5. The molecule has 1 N–H and O–H groups in total. The molecule has 4 nitrogen and oxygen atoms in total. The van der Waals surface area contributed by atoms with Crippen LogP contribution in [0, 0.1) is 11.8 Å². The third-order valence-corrected chi connectivity index (χ3v) is 11.7. The molecule has 5 heteroatoms. The van der Waals surface area contributed by atoms with Gasteiger partial charge in [0.2, 0.25) is 0 Å².